The fourth-order valence-corrected chi connectivity index (χ4v) is 2.39. The van der Waals surface area contributed by atoms with E-state index in [0.717, 1.165) is 16.3 Å². The number of benzene rings is 2. The lowest BCUT2D eigenvalue weighted by Crippen LogP contribution is -2.53. The van der Waals surface area contributed by atoms with Crippen molar-refractivity contribution in [3.8, 4) is 0 Å². The zero-order valence-corrected chi connectivity index (χ0v) is 11.5. The van der Waals surface area contributed by atoms with Gasteiger partial charge < -0.3 is 10.4 Å². The van der Waals surface area contributed by atoms with Gasteiger partial charge in [-0.25, -0.2) is 4.79 Å². The van der Waals surface area contributed by atoms with Crippen molar-refractivity contribution in [2.24, 2.45) is 0 Å². The molecule has 20 heavy (non-hydrogen) atoms. The third kappa shape index (κ3) is 2.79. The van der Waals surface area contributed by atoms with Gasteiger partial charge in [0, 0.05) is 13.3 Å². The molecule has 2 aromatic carbocycles. The Labute approximate surface area is 117 Å². The highest BCUT2D eigenvalue weighted by Crippen LogP contribution is 2.23. The van der Waals surface area contributed by atoms with Gasteiger partial charge in [0.2, 0.25) is 5.91 Å². The van der Waals surface area contributed by atoms with Crippen molar-refractivity contribution in [1.29, 1.82) is 0 Å². The molecule has 0 saturated heterocycles. The molecule has 2 rings (SSSR count). The number of fused-ring (bicyclic) bond motifs is 1. The Bertz CT molecular complexity index is 660. The normalized spacial score (nSPS) is 13.7. The van der Waals surface area contributed by atoms with Crippen molar-refractivity contribution in [3.05, 3.63) is 48.0 Å². The molecular formula is C16H17NO3. The number of carbonyl (C=O) groups excluding carboxylic acids is 1. The number of hydrogen-bond donors (Lipinski definition) is 2. The van der Waals surface area contributed by atoms with Crippen LogP contribution in [-0.4, -0.2) is 22.5 Å². The third-order valence-corrected chi connectivity index (χ3v) is 3.35. The number of aliphatic carboxylic acids is 1. The second-order valence-corrected chi connectivity index (χ2v) is 5.13. The molecule has 0 bridgehead atoms. The molecule has 4 heteroatoms. The van der Waals surface area contributed by atoms with Gasteiger partial charge in [0.15, 0.2) is 0 Å². The first-order valence-electron chi connectivity index (χ1n) is 6.41. The standard InChI is InChI=1S/C16H17NO3/c1-11(18)17-16(2,15(19)20)10-13-8-5-7-12-6-3-4-9-14(12)13/h3-9H,10H2,1-2H3,(H,17,18)(H,19,20). The fraction of sp³-hybridized carbons (Fsp3) is 0.250. The van der Waals surface area contributed by atoms with Crippen molar-refractivity contribution in [2.75, 3.05) is 0 Å². The average Bonchev–Trinajstić information content (AvgIpc) is 2.38. The summed E-state index contributed by atoms with van der Waals surface area (Å²) in [5, 5.41) is 14.0. The molecule has 1 amide bonds. The van der Waals surface area contributed by atoms with Crippen LogP contribution in [0.5, 0.6) is 0 Å². The number of carbonyl (C=O) groups is 2. The number of amides is 1. The van der Waals surface area contributed by atoms with Gasteiger partial charge in [-0.3, -0.25) is 4.79 Å². The SMILES string of the molecule is CC(=O)NC(C)(Cc1cccc2ccccc12)C(=O)O. The van der Waals surface area contributed by atoms with Crippen molar-refractivity contribution < 1.29 is 14.7 Å². The summed E-state index contributed by atoms with van der Waals surface area (Å²) in [4.78, 5) is 22.7. The van der Waals surface area contributed by atoms with Gasteiger partial charge >= 0.3 is 5.97 Å². The van der Waals surface area contributed by atoms with Crippen LogP contribution in [0.4, 0.5) is 0 Å². The summed E-state index contributed by atoms with van der Waals surface area (Å²) in [6.07, 6.45) is 0.239. The highest BCUT2D eigenvalue weighted by Gasteiger charge is 2.34. The maximum Gasteiger partial charge on any atom is 0.329 e. The summed E-state index contributed by atoms with van der Waals surface area (Å²) in [7, 11) is 0. The van der Waals surface area contributed by atoms with E-state index in [9.17, 15) is 14.7 Å². The molecule has 0 aliphatic carbocycles. The van der Waals surface area contributed by atoms with Crippen LogP contribution in [0, 0.1) is 0 Å². The largest absolute Gasteiger partial charge is 0.480 e. The predicted molar refractivity (Wildman–Crippen MR) is 77.5 cm³/mol. The monoisotopic (exact) mass is 271 g/mol. The Morgan fingerprint density at radius 1 is 1.15 bits per heavy atom. The van der Waals surface area contributed by atoms with E-state index < -0.39 is 11.5 Å². The van der Waals surface area contributed by atoms with Crippen LogP contribution < -0.4 is 5.32 Å². The van der Waals surface area contributed by atoms with Crippen LogP contribution >= 0.6 is 0 Å². The first-order chi connectivity index (χ1) is 9.42. The van der Waals surface area contributed by atoms with E-state index in [1.165, 1.54) is 13.8 Å². The molecule has 0 fully saturated rings. The molecule has 1 atom stereocenters. The molecule has 0 aromatic heterocycles. The van der Waals surface area contributed by atoms with Gasteiger partial charge in [-0.05, 0) is 23.3 Å². The number of nitrogens with one attached hydrogen (secondary N) is 1. The zero-order valence-electron chi connectivity index (χ0n) is 11.5. The van der Waals surface area contributed by atoms with E-state index in [1.54, 1.807) is 0 Å². The van der Waals surface area contributed by atoms with Crippen molar-refractivity contribution >= 4 is 22.6 Å². The summed E-state index contributed by atoms with van der Waals surface area (Å²) >= 11 is 0. The lowest BCUT2D eigenvalue weighted by atomic mass is 9.90. The topological polar surface area (TPSA) is 66.4 Å². The molecule has 2 N–H and O–H groups in total. The summed E-state index contributed by atoms with van der Waals surface area (Å²) < 4.78 is 0. The third-order valence-electron chi connectivity index (χ3n) is 3.35. The zero-order chi connectivity index (χ0) is 14.8. The first kappa shape index (κ1) is 14.1. The minimum Gasteiger partial charge on any atom is -0.480 e. The van der Waals surface area contributed by atoms with E-state index in [1.807, 2.05) is 42.5 Å². The second-order valence-electron chi connectivity index (χ2n) is 5.13. The Morgan fingerprint density at radius 2 is 1.80 bits per heavy atom. The van der Waals surface area contributed by atoms with Gasteiger partial charge in [-0.2, -0.15) is 0 Å². The number of rotatable bonds is 4. The van der Waals surface area contributed by atoms with E-state index in [2.05, 4.69) is 5.32 Å². The summed E-state index contributed by atoms with van der Waals surface area (Å²) in [5.74, 6) is -1.39. The van der Waals surface area contributed by atoms with Gasteiger partial charge in [-0.15, -0.1) is 0 Å². The lowest BCUT2D eigenvalue weighted by molar-refractivity contribution is -0.146. The molecule has 4 nitrogen and oxygen atoms in total. The highest BCUT2D eigenvalue weighted by molar-refractivity contribution is 5.89. The Morgan fingerprint density at radius 3 is 2.45 bits per heavy atom. The van der Waals surface area contributed by atoms with E-state index in [0.29, 0.717) is 0 Å². The van der Waals surface area contributed by atoms with E-state index in [4.69, 9.17) is 0 Å². The number of carboxylic acid groups (broad SMARTS) is 1. The van der Waals surface area contributed by atoms with Gasteiger partial charge in [0.05, 0.1) is 0 Å². The van der Waals surface area contributed by atoms with Gasteiger partial charge in [-0.1, -0.05) is 42.5 Å². The molecule has 104 valence electrons. The second kappa shape index (κ2) is 5.33. The smallest absolute Gasteiger partial charge is 0.329 e. The summed E-state index contributed by atoms with van der Waals surface area (Å²) in [6, 6.07) is 13.6. The van der Waals surface area contributed by atoms with Crippen molar-refractivity contribution in [2.45, 2.75) is 25.8 Å². The predicted octanol–water partition coefficient (Wildman–Crippen LogP) is 2.36. The Hall–Kier alpha value is -2.36. The molecule has 0 radical (unpaired) electrons. The van der Waals surface area contributed by atoms with Crippen LogP contribution in [-0.2, 0) is 16.0 Å². The molecular weight excluding hydrogens is 254 g/mol. The maximum atomic E-state index is 11.5. The van der Waals surface area contributed by atoms with Crippen LogP contribution in [0.25, 0.3) is 10.8 Å². The van der Waals surface area contributed by atoms with Crippen molar-refractivity contribution in [1.82, 2.24) is 5.32 Å². The fourth-order valence-electron chi connectivity index (χ4n) is 2.39. The van der Waals surface area contributed by atoms with Gasteiger partial charge in [0.1, 0.15) is 5.54 Å². The minimum absolute atomic E-state index is 0.239. The van der Waals surface area contributed by atoms with Crippen LogP contribution in [0.2, 0.25) is 0 Å². The van der Waals surface area contributed by atoms with E-state index in [-0.39, 0.29) is 12.3 Å². The van der Waals surface area contributed by atoms with Crippen LogP contribution in [0.1, 0.15) is 19.4 Å². The number of hydrogen-bond acceptors (Lipinski definition) is 2. The maximum absolute atomic E-state index is 11.5. The molecule has 0 aliphatic rings. The van der Waals surface area contributed by atoms with Gasteiger partial charge in [0.25, 0.3) is 0 Å². The van der Waals surface area contributed by atoms with Crippen LogP contribution in [0.15, 0.2) is 42.5 Å². The quantitative estimate of drug-likeness (QED) is 0.897. The summed E-state index contributed by atoms with van der Waals surface area (Å²) in [5.41, 5.74) is -0.405. The first-order valence-corrected chi connectivity index (χ1v) is 6.41. The molecule has 2 aromatic rings. The molecule has 0 spiro atoms. The highest BCUT2D eigenvalue weighted by atomic mass is 16.4. The molecule has 1 unspecified atom stereocenters. The average molecular weight is 271 g/mol. The number of carboxylic acids is 1. The molecule has 0 saturated carbocycles. The molecule has 0 aliphatic heterocycles. The van der Waals surface area contributed by atoms with Crippen LogP contribution in [0.3, 0.4) is 0 Å². The Balaban J connectivity index is 2.44. The minimum atomic E-state index is -1.31. The lowest BCUT2D eigenvalue weighted by Gasteiger charge is -2.26. The Kier molecular flexibility index (Phi) is 3.74. The van der Waals surface area contributed by atoms with Crippen molar-refractivity contribution in [3.63, 3.8) is 0 Å². The molecule has 0 heterocycles. The summed E-state index contributed by atoms with van der Waals surface area (Å²) in [6.45, 7) is 2.85. The van der Waals surface area contributed by atoms with E-state index >= 15 is 0 Å².